The maximum Gasteiger partial charge on any atom is 0.308 e. The Hall–Kier alpha value is -3.51. The molecule has 1 aromatic rings. The summed E-state index contributed by atoms with van der Waals surface area (Å²) in [7, 11) is 0. The predicted octanol–water partition coefficient (Wildman–Crippen LogP) is 0.708. The van der Waals surface area contributed by atoms with Gasteiger partial charge < -0.3 is 29.2 Å². The zero-order valence-corrected chi connectivity index (χ0v) is 22.0. The quantitative estimate of drug-likeness (QED) is 0.212. The topological polar surface area (TPSA) is 150 Å². The van der Waals surface area contributed by atoms with E-state index in [1.165, 1.54) is 4.90 Å². The average Bonchev–Trinajstić information content (AvgIpc) is 3.17. The van der Waals surface area contributed by atoms with Gasteiger partial charge in [0, 0.05) is 24.1 Å². The summed E-state index contributed by atoms with van der Waals surface area (Å²) in [5.41, 5.74) is 0.494. The molecule has 0 spiro atoms. The predicted molar refractivity (Wildman–Crippen MR) is 133 cm³/mol. The van der Waals surface area contributed by atoms with Crippen LogP contribution < -0.4 is 15.4 Å². The zero-order chi connectivity index (χ0) is 27.7. The van der Waals surface area contributed by atoms with E-state index < -0.39 is 17.6 Å². The average molecular weight is 534 g/mol. The SMILES string of the molecule is CC(C)(C)OC(=O)CCOCCOCCNC(=O)COc1cccc2c1CN(C1CCC(=O)NC1=O)C2=O. The zero-order valence-electron chi connectivity index (χ0n) is 22.0. The number of piperidine rings is 1. The fourth-order valence-electron chi connectivity index (χ4n) is 4.02. The molecule has 0 aromatic heterocycles. The second-order valence-corrected chi connectivity index (χ2v) is 9.88. The molecule has 0 saturated carbocycles. The first-order valence-electron chi connectivity index (χ1n) is 12.6. The smallest absolute Gasteiger partial charge is 0.308 e. The van der Waals surface area contributed by atoms with Gasteiger partial charge in [-0.1, -0.05) is 6.07 Å². The number of ether oxygens (including phenoxy) is 4. The number of carbonyl (C=O) groups is 5. The molecule has 38 heavy (non-hydrogen) atoms. The number of imide groups is 1. The largest absolute Gasteiger partial charge is 0.483 e. The molecule has 2 aliphatic rings. The molecule has 0 aliphatic carbocycles. The van der Waals surface area contributed by atoms with Crippen molar-refractivity contribution in [3.8, 4) is 5.75 Å². The summed E-state index contributed by atoms with van der Waals surface area (Å²) >= 11 is 0. The Morgan fingerprint density at radius 3 is 2.53 bits per heavy atom. The summed E-state index contributed by atoms with van der Waals surface area (Å²) in [6, 6.07) is 4.24. The van der Waals surface area contributed by atoms with Crippen LogP contribution in [0.5, 0.6) is 5.75 Å². The van der Waals surface area contributed by atoms with Crippen molar-refractivity contribution in [1.29, 1.82) is 0 Å². The molecule has 2 aliphatic heterocycles. The van der Waals surface area contributed by atoms with Gasteiger partial charge in [-0.15, -0.1) is 0 Å². The third kappa shape index (κ3) is 8.52. The maximum atomic E-state index is 12.9. The minimum Gasteiger partial charge on any atom is -0.483 e. The van der Waals surface area contributed by atoms with Crippen molar-refractivity contribution < 1.29 is 42.9 Å². The Morgan fingerprint density at radius 2 is 1.82 bits per heavy atom. The lowest BCUT2D eigenvalue weighted by Gasteiger charge is -2.29. The monoisotopic (exact) mass is 533 g/mol. The van der Waals surface area contributed by atoms with Gasteiger partial charge in [0.05, 0.1) is 39.4 Å². The van der Waals surface area contributed by atoms with Crippen molar-refractivity contribution in [2.45, 2.75) is 58.2 Å². The van der Waals surface area contributed by atoms with E-state index in [4.69, 9.17) is 18.9 Å². The van der Waals surface area contributed by atoms with Gasteiger partial charge in [0.2, 0.25) is 11.8 Å². The summed E-state index contributed by atoms with van der Waals surface area (Å²) in [4.78, 5) is 61.7. The molecule has 1 unspecified atom stereocenters. The van der Waals surface area contributed by atoms with Crippen molar-refractivity contribution in [2.75, 3.05) is 39.6 Å². The van der Waals surface area contributed by atoms with E-state index in [9.17, 15) is 24.0 Å². The molecule has 12 heteroatoms. The second-order valence-electron chi connectivity index (χ2n) is 9.88. The van der Waals surface area contributed by atoms with Crippen LogP contribution in [-0.2, 0) is 39.9 Å². The number of nitrogens with zero attached hydrogens (tertiary/aromatic N) is 1. The first-order valence-corrected chi connectivity index (χ1v) is 12.6. The van der Waals surface area contributed by atoms with E-state index >= 15 is 0 Å². The van der Waals surface area contributed by atoms with Gasteiger partial charge >= 0.3 is 5.97 Å². The van der Waals surface area contributed by atoms with E-state index in [-0.39, 0.29) is 75.9 Å². The van der Waals surface area contributed by atoms with Crippen LogP contribution in [0.25, 0.3) is 0 Å². The molecule has 3 rings (SSSR count). The normalized spacial score (nSPS) is 17.2. The lowest BCUT2D eigenvalue weighted by atomic mass is 10.0. The van der Waals surface area contributed by atoms with Gasteiger partial charge in [-0.3, -0.25) is 29.3 Å². The number of fused-ring (bicyclic) bond motifs is 1. The molecule has 1 aromatic carbocycles. The second kappa shape index (κ2) is 13.3. The van der Waals surface area contributed by atoms with Crippen molar-refractivity contribution in [3.05, 3.63) is 29.3 Å². The van der Waals surface area contributed by atoms with E-state index in [0.29, 0.717) is 30.1 Å². The van der Waals surface area contributed by atoms with E-state index in [0.717, 1.165) is 0 Å². The summed E-state index contributed by atoms with van der Waals surface area (Å²) in [6.45, 7) is 6.74. The van der Waals surface area contributed by atoms with Crippen molar-refractivity contribution in [1.82, 2.24) is 15.5 Å². The highest BCUT2D eigenvalue weighted by Gasteiger charge is 2.40. The molecule has 2 N–H and O–H groups in total. The third-order valence-electron chi connectivity index (χ3n) is 5.71. The Labute approximate surface area is 221 Å². The minimum atomic E-state index is -0.723. The lowest BCUT2D eigenvalue weighted by Crippen LogP contribution is -2.52. The number of esters is 1. The molecule has 12 nitrogen and oxygen atoms in total. The Morgan fingerprint density at radius 1 is 1.08 bits per heavy atom. The van der Waals surface area contributed by atoms with Gasteiger partial charge in [0.25, 0.3) is 11.8 Å². The van der Waals surface area contributed by atoms with Crippen molar-refractivity contribution in [2.24, 2.45) is 0 Å². The van der Waals surface area contributed by atoms with Gasteiger partial charge in [-0.25, -0.2) is 0 Å². The number of carbonyl (C=O) groups excluding carboxylic acids is 5. The van der Waals surface area contributed by atoms with Crippen molar-refractivity contribution >= 4 is 29.6 Å². The van der Waals surface area contributed by atoms with Gasteiger partial charge in [0.15, 0.2) is 6.61 Å². The molecule has 2 heterocycles. The van der Waals surface area contributed by atoms with Crippen LogP contribution in [0.15, 0.2) is 18.2 Å². The number of benzene rings is 1. The van der Waals surface area contributed by atoms with E-state index in [2.05, 4.69) is 10.6 Å². The molecule has 1 atom stereocenters. The molecule has 0 bridgehead atoms. The standard InChI is InChI=1S/C26H35N3O9/c1-26(2,3)38-23(32)9-11-35-13-14-36-12-10-27-22(31)16-37-20-6-4-5-17-18(20)15-29(25(17)34)19-7-8-21(30)28-24(19)33/h4-6,19H,7-16H2,1-3H3,(H,27,31)(H,28,30,33). The van der Waals surface area contributed by atoms with E-state index in [1.54, 1.807) is 39.0 Å². The number of amides is 4. The molecule has 0 radical (unpaired) electrons. The summed E-state index contributed by atoms with van der Waals surface area (Å²) in [5.74, 6) is -1.43. The Bertz CT molecular complexity index is 1050. The highest BCUT2D eigenvalue weighted by atomic mass is 16.6. The number of hydrogen-bond donors (Lipinski definition) is 2. The van der Waals surface area contributed by atoms with Crippen molar-refractivity contribution in [3.63, 3.8) is 0 Å². The summed E-state index contributed by atoms with van der Waals surface area (Å²) < 4.78 is 21.6. The van der Waals surface area contributed by atoms with Gasteiger partial charge in [-0.2, -0.15) is 0 Å². The number of rotatable bonds is 13. The highest BCUT2D eigenvalue weighted by molar-refractivity contribution is 6.05. The molecular weight excluding hydrogens is 498 g/mol. The van der Waals surface area contributed by atoms with Crippen LogP contribution >= 0.6 is 0 Å². The third-order valence-corrected chi connectivity index (χ3v) is 5.71. The van der Waals surface area contributed by atoms with E-state index in [1.807, 2.05) is 0 Å². The van der Waals surface area contributed by atoms with Crippen LogP contribution in [0.3, 0.4) is 0 Å². The molecule has 4 amide bonds. The maximum absolute atomic E-state index is 12.9. The number of nitrogens with one attached hydrogen (secondary N) is 2. The first kappa shape index (κ1) is 29.1. The summed E-state index contributed by atoms with van der Waals surface area (Å²) in [5, 5.41) is 4.96. The number of hydrogen-bond acceptors (Lipinski definition) is 9. The Kier molecular flexibility index (Phi) is 10.2. The molecular formula is C26H35N3O9. The molecule has 1 saturated heterocycles. The summed E-state index contributed by atoms with van der Waals surface area (Å²) in [6.07, 6.45) is 0.606. The van der Waals surface area contributed by atoms with Crippen LogP contribution in [0.1, 0.15) is 56.0 Å². The van der Waals surface area contributed by atoms with Gasteiger partial charge in [0.1, 0.15) is 17.4 Å². The highest BCUT2D eigenvalue weighted by Crippen LogP contribution is 2.33. The lowest BCUT2D eigenvalue weighted by molar-refractivity contribution is -0.156. The van der Waals surface area contributed by atoms with Crippen LogP contribution in [0.4, 0.5) is 0 Å². The fourth-order valence-corrected chi connectivity index (χ4v) is 4.02. The minimum absolute atomic E-state index is 0.159. The Balaban J connectivity index is 1.31. The molecule has 1 fully saturated rings. The van der Waals surface area contributed by atoms with Crippen LogP contribution in [0, 0.1) is 0 Å². The van der Waals surface area contributed by atoms with Crippen LogP contribution in [0.2, 0.25) is 0 Å². The van der Waals surface area contributed by atoms with Gasteiger partial charge in [-0.05, 0) is 39.3 Å². The molecule has 208 valence electrons. The van der Waals surface area contributed by atoms with Crippen LogP contribution in [-0.4, -0.2) is 85.7 Å². The fraction of sp³-hybridized carbons (Fsp3) is 0.577. The first-order chi connectivity index (χ1) is 18.0.